The van der Waals surface area contributed by atoms with Crippen LogP contribution in [-0.4, -0.2) is 35.3 Å². The summed E-state index contributed by atoms with van der Waals surface area (Å²) in [6.45, 7) is 18.8. The minimum absolute atomic E-state index is 0.223. The van der Waals surface area contributed by atoms with E-state index in [1.165, 1.54) is 5.56 Å². The summed E-state index contributed by atoms with van der Waals surface area (Å²) in [7, 11) is 1.87. The minimum atomic E-state index is -0.223. The maximum atomic E-state index is 14.4. The van der Waals surface area contributed by atoms with Gasteiger partial charge in [-0.25, -0.2) is 4.39 Å². The average Bonchev–Trinajstić information content (AvgIpc) is 3.64. The number of H-pyrrole nitrogens is 2. The number of aromatic amines is 2. The second-order valence-corrected chi connectivity index (χ2v) is 9.23. The van der Waals surface area contributed by atoms with E-state index in [1.54, 1.807) is 12.1 Å². The van der Waals surface area contributed by atoms with Crippen LogP contribution in [0.15, 0.2) is 87.0 Å². The number of benzene rings is 3. The number of nitrogens with zero attached hydrogens (tertiary/aromatic N) is 1. The molecule has 5 nitrogen and oxygen atoms in total. The highest BCUT2D eigenvalue weighted by molar-refractivity contribution is 6.01. The molecule has 0 bridgehead atoms. The number of hydrogen-bond donors (Lipinski definition) is 4. The van der Waals surface area contributed by atoms with Gasteiger partial charge in [-0.3, -0.25) is 5.10 Å². The number of halogens is 1. The third kappa shape index (κ3) is 6.58. The van der Waals surface area contributed by atoms with Gasteiger partial charge in [-0.1, -0.05) is 32.0 Å². The summed E-state index contributed by atoms with van der Waals surface area (Å²) >= 11 is 0. The Labute approximate surface area is 237 Å². The molecule has 0 amide bonds. The Balaban J connectivity index is 0.000000691. The fraction of sp³-hybridized carbons (Fsp3) is 0.265. The van der Waals surface area contributed by atoms with Crippen LogP contribution in [0.2, 0.25) is 0 Å². The molecule has 0 atom stereocenters. The van der Waals surface area contributed by atoms with E-state index in [0.717, 1.165) is 75.8 Å². The summed E-state index contributed by atoms with van der Waals surface area (Å²) < 4.78 is 14.4. The molecule has 3 aromatic carbocycles. The van der Waals surface area contributed by atoms with Gasteiger partial charge in [0, 0.05) is 22.8 Å². The molecule has 4 N–H and O–H groups in total. The molecule has 1 aliphatic heterocycles. The summed E-state index contributed by atoms with van der Waals surface area (Å²) in [5.41, 5.74) is 8.12. The van der Waals surface area contributed by atoms with E-state index in [4.69, 9.17) is 0 Å². The van der Waals surface area contributed by atoms with Crippen molar-refractivity contribution in [1.29, 1.82) is 0 Å². The predicted octanol–water partition coefficient (Wildman–Crippen LogP) is 8.33. The normalized spacial score (nSPS) is 13.0. The second kappa shape index (κ2) is 15.0. The smallest absolute Gasteiger partial charge is 0.124 e. The standard InChI is InChI=1S/C28H28FN5.C2H6.2C2H4/c1-30-16-17-11-20(13-21(29)12-17)22-3-2-4-25-23(22)15-27(32-25)28-24-14-19(5-6-26(24)33-34-28)18-7-9-31-10-8-18;3*1-2/h2-6,11-15,18,30-32H,7-10,16H2,1H3,(H,33,34);1-2H3;2*1-2H2. The molecule has 0 saturated carbocycles. The van der Waals surface area contributed by atoms with E-state index in [2.05, 4.69) is 94.6 Å². The van der Waals surface area contributed by atoms with Crippen LogP contribution >= 0.6 is 0 Å². The molecule has 2 aromatic heterocycles. The monoisotopic (exact) mass is 539 g/mol. The number of hydrogen-bond acceptors (Lipinski definition) is 3. The molecule has 0 radical (unpaired) electrons. The van der Waals surface area contributed by atoms with Crippen LogP contribution in [0.3, 0.4) is 0 Å². The Morgan fingerprint density at radius 1 is 0.900 bits per heavy atom. The number of nitrogens with one attached hydrogen (secondary N) is 4. The first-order chi connectivity index (χ1) is 19.7. The van der Waals surface area contributed by atoms with Crippen molar-refractivity contribution in [1.82, 2.24) is 25.8 Å². The average molecular weight is 540 g/mol. The van der Waals surface area contributed by atoms with Gasteiger partial charge in [0.25, 0.3) is 0 Å². The first-order valence-electron chi connectivity index (χ1n) is 13.9. The van der Waals surface area contributed by atoms with E-state index in [9.17, 15) is 4.39 Å². The van der Waals surface area contributed by atoms with Crippen molar-refractivity contribution >= 4 is 21.8 Å². The van der Waals surface area contributed by atoms with Crippen molar-refractivity contribution in [2.75, 3.05) is 20.1 Å². The van der Waals surface area contributed by atoms with Crippen LogP contribution in [-0.2, 0) is 6.54 Å². The van der Waals surface area contributed by atoms with Gasteiger partial charge in [-0.15, -0.1) is 26.3 Å². The van der Waals surface area contributed by atoms with E-state index in [1.807, 2.05) is 27.0 Å². The SMILES string of the molecule is C=C.C=C.CC.CNCc1cc(F)cc(-c2cccc3[nH]c(-c4n[nH]c5ccc(C6CCNCC6)cc45)cc23)c1. The van der Waals surface area contributed by atoms with Crippen molar-refractivity contribution in [3.8, 4) is 22.5 Å². The lowest BCUT2D eigenvalue weighted by Crippen LogP contribution is -2.26. The van der Waals surface area contributed by atoms with Gasteiger partial charge in [0.15, 0.2) is 0 Å². The van der Waals surface area contributed by atoms with E-state index < -0.39 is 0 Å². The van der Waals surface area contributed by atoms with Crippen LogP contribution in [0, 0.1) is 5.82 Å². The zero-order valence-corrected chi connectivity index (χ0v) is 24.0. The Morgan fingerprint density at radius 2 is 1.65 bits per heavy atom. The molecule has 40 heavy (non-hydrogen) atoms. The fourth-order valence-corrected chi connectivity index (χ4v) is 5.29. The molecule has 0 spiro atoms. The van der Waals surface area contributed by atoms with Crippen molar-refractivity contribution in [2.45, 2.75) is 39.2 Å². The highest BCUT2D eigenvalue weighted by Gasteiger charge is 2.18. The van der Waals surface area contributed by atoms with Crippen molar-refractivity contribution in [2.24, 2.45) is 0 Å². The predicted molar refractivity (Wildman–Crippen MR) is 170 cm³/mol. The second-order valence-electron chi connectivity index (χ2n) is 9.23. The number of piperidine rings is 1. The van der Waals surface area contributed by atoms with Crippen LogP contribution in [0.25, 0.3) is 44.3 Å². The van der Waals surface area contributed by atoms with E-state index in [0.29, 0.717) is 12.5 Å². The molecule has 6 heteroatoms. The Bertz CT molecular complexity index is 1510. The van der Waals surface area contributed by atoms with Crippen molar-refractivity contribution in [3.05, 3.63) is 104 Å². The summed E-state index contributed by atoms with van der Waals surface area (Å²) in [6.07, 6.45) is 2.33. The lowest BCUT2D eigenvalue weighted by atomic mass is 9.89. The maximum absolute atomic E-state index is 14.4. The number of fused-ring (bicyclic) bond motifs is 2. The van der Waals surface area contributed by atoms with Crippen LogP contribution in [0.4, 0.5) is 4.39 Å². The summed E-state index contributed by atoms with van der Waals surface area (Å²) in [5, 5.41) is 16.6. The third-order valence-electron chi connectivity index (χ3n) is 6.97. The lowest BCUT2D eigenvalue weighted by molar-refractivity contribution is 0.460. The molecule has 0 unspecified atom stereocenters. The van der Waals surface area contributed by atoms with Crippen LogP contribution < -0.4 is 10.6 Å². The van der Waals surface area contributed by atoms with Gasteiger partial charge in [0.2, 0.25) is 0 Å². The van der Waals surface area contributed by atoms with Crippen molar-refractivity contribution < 1.29 is 4.39 Å². The Hall–Kier alpha value is -4.00. The number of rotatable bonds is 5. The zero-order chi connectivity index (χ0) is 29.1. The molecule has 1 saturated heterocycles. The molecule has 6 rings (SSSR count). The summed E-state index contributed by atoms with van der Waals surface area (Å²) in [4.78, 5) is 3.56. The quantitative estimate of drug-likeness (QED) is 0.170. The van der Waals surface area contributed by atoms with Gasteiger partial charge >= 0.3 is 0 Å². The summed E-state index contributed by atoms with van der Waals surface area (Å²) in [6, 6.07) is 20.2. The largest absolute Gasteiger partial charge is 0.353 e. The highest BCUT2D eigenvalue weighted by atomic mass is 19.1. The molecule has 3 heterocycles. The topological polar surface area (TPSA) is 68.5 Å². The first kappa shape index (κ1) is 30.5. The fourth-order valence-electron chi connectivity index (χ4n) is 5.29. The van der Waals surface area contributed by atoms with Crippen LogP contribution in [0.1, 0.15) is 43.7 Å². The molecular formula is C34H42FN5. The van der Waals surface area contributed by atoms with Gasteiger partial charge in [-0.05, 0) is 104 Å². The molecule has 1 fully saturated rings. The highest BCUT2D eigenvalue weighted by Crippen LogP contribution is 2.36. The van der Waals surface area contributed by atoms with Crippen LogP contribution in [0.5, 0.6) is 0 Å². The molecule has 0 aliphatic carbocycles. The Morgan fingerprint density at radius 3 is 2.38 bits per heavy atom. The van der Waals surface area contributed by atoms with Gasteiger partial charge in [0.1, 0.15) is 11.5 Å². The van der Waals surface area contributed by atoms with Crippen molar-refractivity contribution in [3.63, 3.8) is 0 Å². The maximum Gasteiger partial charge on any atom is 0.124 e. The zero-order valence-electron chi connectivity index (χ0n) is 24.0. The first-order valence-corrected chi connectivity index (χ1v) is 13.9. The van der Waals surface area contributed by atoms with Gasteiger partial charge < -0.3 is 15.6 Å². The molecule has 210 valence electrons. The van der Waals surface area contributed by atoms with E-state index in [-0.39, 0.29) is 5.82 Å². The molecule has 1 aliphatic rings. The van der Waals surface area contributed by atoms with Gasteiger partial charge in [-0.2, -0.15) is 5.10 Å². The van der Waals surface area contributed by atoms with E-state index >= 15 is 0 Å². The molecule has 5 aromatic rings. The minimum Gasteiger partial charge on any atom is -0.353 e. The Kier molecular flexibility index (Phi) is 11.4. The number of aromatic nitrogens is 3. The molecular weight excluding hydrogens is 497 g/mol. The summed E-state index contributed by atoms with van der Waals surface area (Å²) in [5.74, 6) is 0.363. The third-order valence-corrected chi connectivity index (χ3v) is 6.97. The van der Waals surface area contributed by atoms with Gasteiger partial charge in [0.05, 0.1) is 11.2 Å². The lowest BCUT2D eigenvalue weighted by Gasteiger charge is -2.23.